The van der Waals surface area contributed by atoms with Crippen LogP contribution in [0.5, 0.6) is 0 Å². The van der Waals surface area contributed by atoms with Crippen LogP contribution in [-0.4, -0.2) is 29.4 Å². The molecule has 2 aromatic rings. The van der Waals surface area contributed by atoms with Crippen LogP contribution in [0.3, 0.4) is 0 Å². The first-order valence-corrected chi connectivity index (χ1v) is 8.45. The molecule has 1 fully saturated rings. The van der Waals surface area contributed by atoms with Crippen molar-refractivity contribution in [2.24, 2.45) is 0 Å². The zero-order valence-electron chi connectivity index (χ0n) is 14.1. The average Bonchev–Trinajstić information content (AvgIpc) is 2.78. The van der Waals surface area contributed by atoms with Crippen molar-refractivity contribution in [2.75, 3.05) is 6.54 Å². The van der Waals surface area contributed by atoms with Crippen LogP contribution in [0.2, 0.25) is 0 Å². The first kappa shape index (κ1) is 15.3. The summed E-state index contributed by atoms with van der Waals surface area (Å²) in [6.45, 7) is 9.27. The molecule has 22 heavy (non-hydrogen) atoms. The molecule has 0 bridgehead atoms. The molecule has 2 atom stereocenters. The summed E-state index contributed by atoms with van der Waals surface area (Å²) in [5, 5.41) is 1.07. The quantitative estimate of drug-likeness (QED) is 0.840. The largest absolute Gasteiger partial charge is 0.358 e. The van der Waals surface area contributed by atoms with Crippen LogP contribution in [0.1, 0.15) is 54.7 Å². The van der Waals surface area contributed by atoms with Gasteiger partial charge < -0.3 is 9.88 Å². The van der Waals surface area contributed by atoms with Gasteiger partial charge in [-0.15, -0.1) is 0 Å². The predicted molar refractivity (Wildman–Crippen MR) is 90.7 cm³/mol. The molecule has 1 saturated heterocycles. The minimum Gasteiger partial charge on any atom is -0.358 e. The van der Waals surface area contributed by atoms with Gasteiger partial charge in [-0.3, -0.25) is 4.79 Å². The van der Waals surface area contributed by atoms with Gasteiger partial charge in [-0.05, 0) is 58.6 Å². The summed E-state index contributed by atoms with van der Waals surface area (Å²) in [7, 11) is 0. The molecule has 2 heterocycles. The van der Waals surface area contributed by atoms with Gasteiger partial charge in [-0.1, -0.05) is 12.1 Å². The smallest absolute Gasteiger partial charge is 0.219 e. The Morgan fingerprint density at radius 2 is 1.91 bits per heavy atom. The van der Waals surface area contributed by atoms with E-state index in [0.29, 0.717) is 18.6 Å². The predicted octanol–water partition coefficient (Wildman–Crippen LogP) is 2.81. The number of aromatic amines is 1. The molecule has 0 aliphatic carbocycles. The molecular formula is C19H27N2O+. The highest BCUT2D eigenvalue weighted by Crippen LogP contribution is 2.23. The highest BCUT2D eigenvalue weighted by molar-refractivity contribution is 6.09. The number of likely N-dealkylation sites (tertiary alicyclic amines) is 1. The van der Waals surface area contributed by atoms with Crippen molar-refractivity contribution in [3.8, 4) is 0 Å². The monoisotopic (exact) mass is 299 g/mol. The molecule has 0 unspecified atom stereocenters. The van der Waals surface area contributed by atoms with E-state index in [1.807, 2.05) is 6.92 Å². The Morgan fingerprint density at radius 3 is 2.59 bits per heavy atom. The molecule has 0 spiro atoms. The van der Waals surface area contributed by atoms with Crippen LogP contribution in [0, 0.1) is 13.8 Å². The fourth-order valence-corrected chi connectivity index (χ4v) is 4.01. The van der Waals surface area contributed by atoms with E-state index < -0.39 is 0 Å². The molecule has 0 radical (unpaired) electrons. The molecule has 0 saturated carbocycles. The number of quaternary nitrogens is 1. The topological polar surface area (TPSA) is 37.3 Å². The van der Waals surface area contributed by atoms with E-state index in [1.165, 1.54) is 29.7 Å². The molecule has 3 nitrogen and oxygen atoms in total. The van der Waals surface area contributed by atoms with Gasteiger partial charge in [0.25, 0.3) is 0 Å². The first-order valence-electron chi connectivity index (χ1n) is 8.45. The molecule has 118 valence electrons. The SMILES string of the molecule is Cc1ccc2c(C(=O)C[NH+]3[C@H](C)CCC[C@H]3C)c(C)[nH]c2c1. The number of benzene rings is 1. The highest BCUT2D eigenvalue weighted by atomic mass is 16.1. The number of hydrogen-bond donors (Lipinski definition) is 2. The van der Waals surface area contributed by atoms with Crippen LogP contribution in [0.15, 0.2) is 18.2 Å². The maximum absolute atomic E-state index is 12.9. The van der Waals surface area contributed by atoms with Gasteiger partial charge in [0.05, 0.1) is 17.6 Å². The molecule has 3 rings (SSSR count). The van der Waals surface area contributed by atoms with Crippen molar-refractivity contribution in [1.29, 1.82) is 0 Å². The molecule has 1 aromatic carbocycles. The molecule has 2 N–H and O–H groups in total. The number of aromatic nitrogens is 1. The molecule has 0 amide bonds. The lowest BCUT2D eigenvalue weighted by molar-refractivity contribution is -0.943. The van der Waals surface area contributed by atoms with E-state index in [4.69, 9.17) is 0 Å². The molecular weight excluding hydrogens is 272 g/mol. The van der Waals surface area contributed by atoms with Crippen LogP contribution in [0.25, 0.3) is 10.9 Å². The number of nitrogens with one attached hydrogen (secondary N) is 2. The Kier molecular flexibility index (Phi) is 4.09. The van der Waals surface area contributed by atoms with Gasteiger partial charge in [-0.2, -0.15) is 0 Å². The first-order chi connectivity index (χ1) is 10.5. The Labute approximate surface area is 132 Å². The van der Waals surface area contributed by atoms with Gasteiger partial charge in [0, 0.05) is 16.6 Å². The van der Waals surface area contributed by atoms with Crippen molar-refractivity contribution in [1.82, 2.24) is 4.98 Å². The van der Waals surface area contributed by atoms with Gasteiger partial charge in [0.2, 0.25) is 5.78 Å². The van der Waals surface area contributed by atoms with E-state index in [1.54, 1.807) is 0 Å². The number of carbonyl (C=O) groups excluding carboxylic acids is 1. The summed E-state index contributed by atoms with van der Waals surface area (Å²) in [6.07, 6.45) is 3.77. The number of carbonyl (C=O) groups is 1. The van der Waals surface area contributed by atoms with E-state index in [-0.39, 0.29) is 5.78 Å². The van der Waals surface area contributed by atoms with Crippen molar-refractivity contribution < 1.29 is 9.69 Å². The Balaban J connectivity index is 1.90. The number of ketones is 1. The van der Waals surface area contributed by atoms with Crippen molar-refractivity contribution in [3.63, 3.8) is 0 Å². The second-order valence-corrected chi connectivity index (χ2v) is 7.08. The zero-order chi connectivity index (χ0) is 15.9. The number of rotatable bonds is 3. The summed E-state index contributed by atoms with van der Waals surface area (Å²) in [5.41, 5.74) is 4.20. The number of aryl methyl sites for hydroxylation is 2. The lowest BCUT2D eigenvalue weighted by Crippen LogP contribution is -3.20. The molecule has 1 aliphatic heterocycles. The number of hydrogen-bond acceptors (Lipinski definition) is 1. The van der Waals surface area contributed by atoms with Gasteiger partial charge in [0.1, 0.15) is 6.54 Å². The second-order valence-electron chi connectivity index (χ2n) is 7.08. The summed E-state index contributed by atoms with van der Waals surface area (Å²) >= 11 is 0. The van der Waals surface area contributed by atoms with Gasteiger partial charge in [-0.25, -0.2) is 0 Å². The van der Waals surface area contributed by atoms with Crippen molar-refractivity contribution in [3.05, 3.63) is 35.0 Å². The van der Waals surface area contributed by atoms with Crippen molar-refractivity contribution >= 4 is 16.7 Å². The van der Waals surface area contributed by atoms with Gasteiger partial charge in [0.15, 0.2) is 0 Å². The number of piperidine rings is 1. The summed E-state index contributed by atoms with van der Waals surface area (Å²) in [5.74, 6) is 0.281. The molecule has 1 aliphatic rings. The summed E-state index contributed by atoms with van der Waals surface area (Å²) in [4.78, 5) is 17.8. The maximum atomic E-state index is 12.9. The number of H-pyrrole nitrogens is 1. The van der Waals surface area contributed by atoms with Crippen LogP contribution < -0.4 is 4.90 Å². The van der Waals surface area contributed by atoms with E-state index in [0.717, 1.165) is 22.2 Å². The van der Waals surface area contributed by atoms with Crippen LogP contribution >= 0.6 is 0 Å². The fraction of sp³-hybridized carbons (Fsp3) is 0.526. The Bertz CT molecular complexity index is 691. The zero-order valence-corrected chi connectivity index (χ0v) is 14.1. The minimum atomic E-state index is 0.281. The third-order valence-corrected chi connectivity index (χ3v) is 5.33. The molecule has 3 heteroatoms. The highest BCUT2D eigenvalue weighted by Gasteiger charge is 2.31. The summed E-state index contributed by atoms with van der Waals surface area (Å²) in [6, 6.07) is 7.46. The van der Waals surface area contributed by atoms with Crippen LogP contribution in [-0.2, 0) is 0 Å². The lowest BCUT2D eigenvalue weighted by Gasteiger charge is -2.35. The second kappa shape index (κ2) is 5.88. The Morgan fingerprint density at radius 1 is 1.23 bits per heavy atom. The third-order valence-electron chi connectivity index (χ3n) is 5.33. The molecule has 1 aromatic heterocycles. The average molecular weight is 299 g/mol. The third kappa shape index (κ3) is 2.70. The standard InChI is InChI=1S/C19H26N2O/c1-12-8-9-16-17(10-12)20-15(4)19(16)18(22)11-21-13(2)6-5-7-14(21)3/h8-10,13-14,20H,5-7,11H2,1-4H3/p+1/t13-,14-/m1/s1. The minimum absolute atomic E-state index is 0.281. The van der Waals surface area contributed by atoms with E-state index in [9.17, 15) is 4.79 Å². The number of Topliss-reactive ketones (excluding diaryl/α,β-unsaturated/α-hetero) is 1. The van der Waals surface area contributed by atoms with Crippen molar-refractivity contribution in [2.45, 2.75) is 59.0 Å². The van der Waals surface area contributed by atoms with E-state index >= 15 is 0 Å². The summed E-state index contributed by atoms with van der Waals surface area (Å²) < 4.78 is 0. The fourth-order valence-electron chi connectivity index (χ4n) is 4.01. The normalized spacial score (nSPS) is 23.1. The van der Waals surface area contributed by atoms with E-state index in [2.05, 4.69) is 44.0 Å². The van der Waals surface area contributed by atoms with Crippen LogP contribution in [0.4, 0.5) is 0 Å². The van der Waals surface area contributed by atoms with Gasteiger partial charge >= 0.3 is 0 Å². The number of fused-ring (bicyclic) bond motifs is 1. The Hall–Kier alpha value is -1.61. The lowest BCUT2D eigenvalue weighted by atomic mass is 9.96. The maximum Gasteiger partial charge on any atom is 0.219 e.